The first-order valence-corrected chi connectivity index (χ1v) is 10.3. The van der Waals surface area contributed by atoms with Gasteiger partial charge in [0.1, 0.15) is 17.6 Å². The van der Waals surface area contributed by atoms with Crippen LogP contribution in [0.5, 0.6) is 11.5 Å². The zero-order valence-electron chi connectivity index (χ0n) is 17.2. The molecule has 0 fully saturated rings. The predicted molar refractivity (Wildman–Crippen MR) is 114 cm³/mol. The molecular weight excluding hydrogens is 374 g/mol. The van der Waals surface area contributed by atoms with Crippen molar-refractivity contribution in [3.8, 4) is 11.5 Å². The SMILES string of the molecule is CCOc1cc(O[C@H]2CCc3c(C)cccc32)c(Cl)cc1CN(C)[C@@H](C)CO. The molecule has 3 rings (SSSR count). The van der Waals surface area contributed by atoms with Crippen molar-refractivity contribution in [3.63, 3.8) is 0 Å². The monoisotopic (exact) mass is 403 g/mol. The van der Waals surface area contributed by atoms with Crippen molar-refractivity contribution in [1.82, 2.24) is 4.90 Å². The number of fused-ring (bicyclic) bond motifs is 1. The molecular formula is C23H30ClNO3. The molecule has 28 heavy (non-hydrogen) atoms. The van der Waals surface area contributed by atoms with Gasteiger partial charge in [0, 0.05) is 24.2 Å². The van der Waals surface area contributed by atoms with E-state index < -0.39 is 0 Å². The Labute approximate surface area is 173 Å². The lowest BCUT2D eigenvalue weighted by atomic mass is 10.0. The van der Waals surface area contributed by atoms with Crippen molar-refractivity contribution in [2.45, 2.75) is 52.3 Å². The van der Waals surface area contributed by atoms with Gasteiger partial charge in [0.25, 0.3) is 0 Å². The van der Waals surface area contributed by atoms with Crippen LogP contribution in [0.4, 0.5) is 0 Å². The van der Waals surface area contributed by atoms with Crippen molar-refractivity contribution in [2.75, 3.05) is 20.3 Å². The van der Waals surface area contributed by atoms with E-state index in [1.54, 1.807) is 0 Å². The molecule has 2 aromatic carbocycles. The molecule has 152 valence electrons. The third-order valence-corrected chi connectivity index (χ3v) is 5.87. The van der Waals surface area contributed by atoms with E-state index in [4.69, 9.17) is 21.1 Å². The number of hydrogen-bond donors (Lipinski definition) is 1. The first kappa shape index (κ1) is 21.0. The molecule has 0 saturated heterocycles. The van der Waals surface area contributed by atoms with Crippen LogP contribution < -0.4 is 9.47 Å². The number of aryl methyl sites for hydroxylation is 1. The number of aliphatic hydroxyl groups is 1. The lowest BCUT2D eigenvalue weighted by Gasteiger charge is -2.25. The average Bonchev–Trinajstić information content (AvgIpc) is 3.09. The summed E-state index contributed by atoms with van der Waals surface area (Å²) in [4.78, 5) is 2.07. The minimum atomic E-state index is 0.0183. The van der Waals surface area contributed by atoms with E-state index in [-0.39, 0.29) is 18.8 Å². The molecule has 1 N–H and O–H groups in total. The number of halogens is 1. The van der Waals surface area contributed by atoms with Crippen LogP contribution in [-0.2, 0) is 13.0 Å². The molecule has 2 atom stereocenters. The smallest absolute Gasteiger partial charge is 0.142 e. The maximum atomic E-state index is 9.39. The van der Waals surface area contributed by atoms with Gasteiger partial charge >= 0.3 is 0 Å². The maximum absolute atomic E-state index is 9.39. The Morgan fingerprint density at radius 3 is 2.79 bits per heavy atom. The van der Waals surface area contributed by atoms with Crippen LogP contribution >= 0.6 is 11.6 Å². The van der Waals surface area contributed by atoms with Gasteiger partial charge in [-0.3, -0.25) is 4.90 Å². The highest BCUT2D eigenvalue weighted by Gasteiger charge is 2.26. The van der Waals surface area contributed by atoms with Crippen molar-refractivity contribution in [1.29, 1.82) is 0 Å². The van der Waals surface area contributed by atoms with Crippen LogP contribution in [0.15, 0.2) is 30.3 Å². The summed E-state index contributed by atoms with van der Waals surface area (Å²) in [6, 6.07) is 10.3. The molecule has 0 bridgehead atoms. The van der Waals surface area contributed by atoms with E-state index in [2.05, 4.69) is 30.0 Å². The summed E-state index contributed by atoms with van der Waals surface area (Å²) in [5, 5.41) is 9.98. The van der Waals surface area contributed by atoms with Crippen molar-refractivity contribution >= 4 is 11.6 Å². The van der Waals surface area contributed by atoms with E-state index in [9.17, 15) is 5.11 Å². The Kier molecular flexibility index (Phi) is 6.86. The highest BCUT2D eigenvalue weighted by atomic mass is 35.5. The Morgan fingerprint density at radius 2 is 2.07 bits per heavy atom. The molecule has 0 amide bonds. The molecule has 0 spiro atoms. The van der Waals surface area contributed by atoms with Crippen molar-refractivity contribution in [3.05, 3.63) is 57.6 Å². The lowest BCUT2D eigenvalue weighted by molar-refractivity contribution is 0.152. The summed E-state index contributed by atoms with van der Waals surface area (Å²) in [6.45, 7) is 7.42. The first-order chi connectivity index (χ1) is 13.4. The summed E-state index contributed by atoms with van der Waals surface area (Å²) in [6.07, 6.45) is 2.01. The molecule has 2 aromatic rings. The number of rotatable bonds is 8. The zero-order valence-corrected chi connectivity index (χ0v) is 17.9. The fourth-order valence-electron chi connectivity index (χ4n) is 3.72. The Balaban J connectivity index is 1.85. The standard InChI is InChI=1S/C23H30ClNO3/c1-5-27-22-12-23(20(24)11-17(22)13-25(4)16(3)14-26)28-21-10-9-18-15(2)7-6-8-19(18)21/h6-8,11-12,16,21,26H,5,9-10,13-14H2,1-4H3/t16-,21-/m0/s1. The molecule has 5 heteroatoms. The summed E-state index contributed by atoms with van der Waals surface area (Å²) in [5.74, 6) is 1.44. The van der Waals surface area contributed by atoms with Crippen LogP contribution in [0.3, 0.4) is 0 Å². The van der Waals surface area contributed by atoms with Gasteiger partial charge < -0.3 is 14.6 Å². The Hall–Kier alpha value is -1.75. The average molecular weight is 404 g/mol. The van der Waals surface area contributed by atoms with E-state index >= 15 is 0 Å². The maximum Gasteiger partial charge on any atom is 0.142 e. The van der Waals surface area contributed by atoms with Gasteiger partial charge in [-0.05, 0) is 63.4 Å². The summed E-state index contributed by atoms with van der Waals surface area (Å²) in [7, 11) is 1.98. The van der Waals surface area contributed by atoms with Crippen LogP contribution in [0.1, 0.15) is 48.6 Å². The highest BCUT2D eigenvalue weighted by molar-refractivity contribution is 6.32. The van der Waals surface area contributed by atoms with Gasteiger partial charge in [-0.25, -0.2) is 0 Å². The number of benzene rings is 2. The normalized spacial score (nSPS) is 16.9. The minimum Gasteiger partial charge on any atom is -0.493 e. The van der Waals surface area contributed by atoms with Gasteiger partial charge in [-0.1, -0.05) is 29.8 Å². The Morgan fingerprint density at radius 1 is 1.29 bits per heavy atom. The van der Waals surface area contributed by atoms with Gasteiger partial charge in [-0.15, -0.1) is 0 Å². The van der Waals surface area contributed by atoms with E-state index in [0.717, 1.165) is 24.2 Å². The predicted octanol–water partition coefficient (Wildman–Crippen LogP) is 4.93. The van der Waals surface area contributed by atoms with Gasteiger partial charge in [-0.2, -0.15) is 0 Å². The molecule has 0 saturated carbocycles. The number of hydrogen-bond acceptors (Lipinski definition) is 4. The quantitative estimate of drug-likeness (QED) is 0.678. The number of likely N-dealkylation sites (N-methyl/N-ethyl adjacent to an activating group) is 1. The summed E-state index contributed by atoms with van der Waals surface area (Å²) in [5.41, 5.74) is 4.96. The van der Waals surface area contributed by atoms with Crippen LogP contribution in [0.2, 0.25) is 5.02 Å². The van der Waals surface area contributed by atoms with Crippen molar-refractivity contribution < 1.29 is 14.6 Å². The fraction of sp³-hybridized carbons (Fsp3) is 0.478. The molecule has 0 unspecified atom stereocenters. The van der Waals surface area contributed by atoms with Gasteiger partial charge in [0.05, 0.1) is 18.2 Å². The topological polar surface area (TPSA) is 41.9 Å². The molecule has 1 aliphatic rings. The number of ether oxygens (including phenoxy) is 2. The number of nitrogens with zero attached hydrogens (tertiary/aromatic N) is 1. The van der Waals surface area contributed by atoms with Crippen LogP contribution in [-0.4, -0.2) is 36.3 Å². The summed E-state index contributed by atoms with van der Waals surface area (Å²) >= 11 is 6.59. The fourth-order valence-corrected chi connectivity index (χ4v) is 3.95. The van der Waals surface area contributed by atoms with Crippen molar-refractivity contribution in [2.24, 2.45) is 0 Å². The molecule has 0 radical (unpaired) electrons. The second kappa shape index (κ2) is 9.17. The summed E-state index contributed by atoms with van der Waals surface area (Å²) < 4.78 is 12.2. The van der Waals surface area contributed by atoms with Crippen LogP contribution in [0.25, 0.3) is 0 Å². The third-order valence-electron chi connectivity index (χ3n) is 5.57. The van der Waals surface area contributed by atoms with Crippen LogP contribution in [0, 0.1) is 6.92 Å². The second-order valence-corrected chi connectivity index (χ2v) is 7.97. The van der Waals surface area contributed by atoms with Gasteiger partial charge in [0.2, 0.25) is 0 Å². The molecule has 0 heterocycles. The lowest BCUT2D eigenvalue weighted by Crippen LogP contribution is -2.31. The van der Waals surface area contributed by atoms with E-state index in [0.29, 0.717) is 23.9 Å². The number of aliphatic hydroxyl groups excluding tert-OH is 1. The minimum absolute atomic E-state index is 0.0183. The molecule has 1 aliphatic carbocycles. The van der Waals surface area contributed by atoms with Gasteiger partial charge in [0.15, 0.2) is 0 Å². The molecule has 4 nitrogen and oxygen atoms in total. The second-order valence-electron chi connectivity index (χ2n) is 7.56. The molecule has 0 aromatic heterocycles. The molecule has 0 aliphatic heterocycles. The first-order valence-electron chi connectivity index (χ1n) is 9.95. The van der Waals surface area contributed by atoms with E-state index in [1.807, 2.05) is 33.0 Å². The van der Waals surface area contributed by atoms with E-state index in [1.165, 1.54) is 16.7 Å². The highest BCUT2D eigenvalue weighted by Crippen LogP contribution is 2.41. The third kappa shape index (κ3) is 4.45. The largest absolute Gasteiger partial charge is 0.493 e. The zero-order chi connectivity index (χ0) is 20.3. The Bertz CT molecular complexity index is 824.